The Morgan fingerprint density at radius 1 is 1.25 bits per heavy atom. The molecular formula is C15H16F2N2O. The van der Waals surface area contributed by atoms with Crippen LogP contribution in [0.3, 0.4) is 0 Å². The van der Waals surface area contributed by atoms with Crippen molar-refractivity contribution in [3.63, 3.8) is 0 Å². The lowest BCUT2D eigenvalue weighted by molar-refractivity contribution is 0.338. The minimum atomic E-state index is -0.589. The first-order valence-corrected chi connectivity index (χ1v) is 6.38. The van der Waals surface area contributed by atoms with Gasteiger partial charge in [0.25, 0.3) is 0 Å². The van der Waals surface area contributed by atoms with Crippen LogP contribution in [-0.4, -0.2) is 11.6 Å². The number of halogens is 2. The molecule has 1 heterocycles. The molecule has 0 radical (unpaired) electrons. The van der Waals surface area contributed by atoms with Gasteiger partial charge in [-0.1, -0.05) is 6.07 Å². The fourth-order valence-electron chi connectivity index (χ4n) is 1.95. The Labute approximate surface area is 116 Å². The molecule has 1 atom stereocenters. The third-order valence-corrected chi connectivity index (χ3v) is 2.96. The summed E-state index contributed by atoms with van der Waals surface area (Å²) in [7, 11) is 0. The topological polar surface area (TPSA) is 48.1 Å². The SMILES string of the molecule is CCOc1cncc(C(N)Cc2c(F)cccc2F)c1. The molecule has 0 amide bonds. The molecule has 0 saturated heterocycles. The average molecular weight is 278 g/mol. The van der Waals surface area contributed by atoms with Gasteiger partial charge in [0.15, 0.2) is 0 Å². The molecule has 106 valence electrons. The van der Waals surface area contributed by atoms with Gasteiger partial charge in [-0.2, -0.15) is 0 Å². The average Bonchev–Trinajstić information content (AvgIpc) is 2.43. The largest absolute Gasteiger partial charge is 0.492 e. The first-order valence-electron chi connectivity index (χ1n) is 6.38. The van der Waals surface area contributed by atoms with E-state index in [1.807, 2.05) is 6.92 Å². The number of ether oxygens (including phenoxy) is 1. The van der Waals surface area contributed by atoms with Crippen LogP contribution in [0.1, 0.15) is 24.1 Å². The van der Waals surface area contributed by atoms with Gasteiger partial charge in [-0.15, -0.1) is 0 Å². The van der Waals surface area contributed by atoms with E-state index in [-0.39, 0.29) is 12.0 Å². The van der Waals surface area contributed by atoms with E-state index in [1.54, 1.807) is 18.5 Å². The van der Waals surface area contributed by atoms with Gasteiger partial charge < -0.3 is 10.5 Å². The molecule has 0 aliphatic rings. The predicted molar refractivity (Wildman–Crippen MR) is 72.4 cm³/mol. The zero-order valence-electron chi connectivity index (χ0n) is 11.1. The van der Waals surface area contributed by atoms with Crippen LogP contribution in [0.4, 0.5) is 8.78 Å². The first kappa shape index (κ1) is 14.4. The van der Waals surface area contributed by atoms with E-state index in [2.05, 4.69) is 4.98 Å². The van der Waals surface area contributed by atoms with E-state index in [9.17, 15) is 8.78 Å². The summed E-state index contributed by atoms with van der Waals surface area (Å²) in [6.45, 7) is 2.38. The summed E-state index contributed by atoms with van der Waals surface area (Å²) < 4.78 is 32.5. The Kier molecular flexibility index (Phi) is 4.63. The van der Waals surface area contributed by atoms with E-state index in [0.29, 0.717) is 17.9 Å². The lowest BCUT2D eigenvalue weighted by atomic mass is 10.00. The van der Waals surface area contributed by atoms with E-state index >= 15 is 0 Å². The fourth-order valence-corrected chi connectivity index (χ4v) is 1.95. The molecule has 0 aliphatic heterocycles. The molecule has 1 aromatic carbocycles. The maximum absolute atomic E-state index is 13.6. The van der Waals surface area contributed by atoms with Crippen LogP contribution in [0.5, 0.6) is 5.75 Å². The number of benzene rings is 1. The standard InChI is InChI=1S/C15H16F2N2O/c1-2-20-11-6-10(8-19-9-11)15(18)7-12-13(16)4-3-5-14(12)17/h3-6,8-9,15H,2,7,18H2,1H3. The normalized spacial score (nSPS) is 12.2. The molecule has 5 heteroatoms. The summed E-state index contributed by atoms with van der Waals surface area (Å²) in [6.07, 6.45) is 3.21. The molecule has 20 heavy (non-hydrogen) atoms. The Hall–Kier alpha value is -2.01. The van der Waals surface area contributed by atoms with Crippen molar-refractivity contribution in [2.24, 2.45) is 5.73 Å². The predicted octanol–water partition coefficient (Wildman–Crippen LogP) is 3.00. The molecule has 1 unspecified atom stereocenters. The number of hydrogen-bond acceptors (Lipinski definition) is 3. The summed E-state index contributed by atoms with van der Waals surface area (Å²) >= 11 is 0. The third-order valence-electron chi connectivity index (χ3n) is 2.96. The van der Waals surface area contributed by atoms with Crippen molar-refractivity contribution in [3.8, 4) is 5.75 Å². The quantitative estimate of drug-likeness (QED) is 0.914. The number of aromatic nitrogens is 1. The van der Waals surface area contributed by atoms with E-state index in [1.165, 1.54) is 18.2 Å². The Morgan fingerprint density at radius 2 is 1.95 bits per heavy atom. The maximum atomic E-state index is 13.6. The van der Waals surface area contributed by atoms with Crippen molar-refractivity contribution in [1.82, 2.24) is 4.98 Å². The van der Waals surface area contributed by atoms with Crippen LogP contribution in [0.15, 0.2) is 36.7 Å². The van der Waals surface area contributed by atoms with E-state index in [4.69, 9.17) is 10.5 Å². The van der Waals surface area contributed by atoms with Gasteiger partial charge in [0.2, 0.25) is 0 Å². The molecule has 0 bridgehead atoms. The van der Waals surface area contributed by atoms with Gasteiger partial charge in [-0.05, 0) is 37.1 Å². The highest BCUT2D eigenvalue weighted by Crippen LogP contribution is 2.22. The third kappa shape index (κ3) is 3.30. The van der Waals surface area contributed by atoms with Crippen LogP contribution in [-0.2, 0) is 6.42 Å². The molecule has 2 N–H and O–H groups in total. The van der Waals surface area contributed by atoms with Crippen LogP contribution < -0.4 is 10.5 Å². The number of nitrogens with two attached hydrogens (primary N) is 1. The molecule has 2 rings (SSSR count). The maximum Gasteiger partial charge on any atom is 0.137 e. The van der Waals surface area contributed by atoms with Crippen molar-refractivity contribution >= 4 is 0 Å². The minimum Gasteiger partial charge on any atom is -0.492 e. The first-order chi connectivity index (χ1) is 9.61. The van der Waals surface area contributed by atoms with Crippen molar-refractivity contribution in [2.75, 3.05) is 6.61 Å². The monoisotopic (exact) mass is 278 g/mol. The smallest absolute Gasteiger partial charge is 0.137 e. The number of hydrogen-bond donors (Lipinski definition) is 1. The Morgan fingerprint density at radius 3 is 2.60 bits per heavy atom. The van der Waals surface area contributed by atoms with E-state index < -0.39 is 17.7 Å². The fraction of sp³-hybridized carbons (Fsp3) is 0.267. The van der Waals surface area contributed by atoms with Crippen molar-refractivity contribution in [2.45, 2.75) is 19.4 Å². The van der Waals surface area contributed by atoms with Crippen LogP contribution in [0, 0.1) is 11.6 Å². The highest BCUT2D eigenvalue weighted by Gasteiger charge is 2.15. The molecular weight excluding hydrogens is 262 g/mol. The zero-order chi connectivity index (χ0) is 14.5. The lowest BCUT2D eigenvalue weighted by Gasteiger charge is -2.14. The molecule has 0 saturated carbocycles. The van der Waals surface area contributed by atoms with Crippen LogP contribution in [0.25, 0.3) is 0 Å². The van der Waals surface area contributed by atoms with Gasteiger partial charge in [0.05, 0.1) is 12.8 Å². The zero-order valence-corrected chi connectivity index (χ0v) is 11.1. The minimum absolute atomic E-state index is 0.0122. The molecule has 0 aliphatic carbocycles. The summed E-state index contributed by atoms with van der Waals surface area (Å²) in [5, 5.41) is 0. The number of nitrogens with zero attached hydrogens (tertiary/aromatic N) is 1. The highest BCUT2D eigenvalue weighted by molar-refractivity contribution is 5.28. The molecule has 2 aromatic rings. The van der Waals surface area contributed by atoms with Gasteiger partial charge in [-0.3, -0.25) is 4.98 Å². The molecule has 0 spiro atoms. The summed E-state index contributed by atoms with van der Waals surface area (Å²) in [4.78, 5) is 4.02. The van der Waals surface area contributed by atoms with E-state index in [0.717, 1.165) is 0 Å². The molecule has 1 aromatic heterocycles. The van der Waals surface area contributed by atoms with Gasteiger partial charge in [-0.25, -0.2) is 8.78 Å². The van der Waals surface area contributed by atoms with Crippen molar-refractivity contribution < 1.29 is 13.5 Å². The summed E-state index contributed by atoms with van der Waals surface area (Å²) in [5.41, 5.74) is 6.67. The number of rotatable bonds is 5. The van der Waals surface area contributed by atoms with Crippen molar-refractivity contribution in [1.29, 1.82) is 0 Å². The summed E-state index contributed by atoms with van der Waals surface area (Å²) in [6, 6.07) is 4.96. The van der Waals surface area contributed by atoms with Crippen LogP contribution >= 0.6 is 0 Å². The van der Waals surface area contributed by atoms with Gasteiger partial charge in [0.1, 0.15) is 17.4 Å². The van der Waals surface area contributed by atoms with Crippen LogP contribution in [0.2, 0.25) is 0 Å². The second kappa shape index (κ2) is 6.43. The lowest BCUT2D eigenvalue weighted by Crippen LogP contribution is -2.15. The Bertz CT molecular complexity index is 570. The van der Waals surface area contributed by atoms with Crippen molar-refractivity contribution in [3.05, 3.63) is 59.4 Å². The van der Waals surface area contributed by atoms with Gasteiger partial charge >= 0.3 is 0 Å². The number of pyridine rings is 1. The molecule has 3 nitrogen and oxygen atoms in total. The highest BCUT2D eigenvalue weighted by atomic mass is 19.1. The molecule has 0 fully saturated rings. The second-order valence-electron chi connectivity index (χ2n) is 4.40. The summed E-state index contributed by atoms with van der Waals surface area (Å²) in [5.74, 6) is -0.585. The van der Waals surface area contributed by atoms with Gasteiger partial charge in [0, 0.05) is 17.8 Å². The second-order valence-corrected chi connectivity index (χ2v) is 4.40. The Balaban J connectivity index is 2.19.